The van der Waals surface area contributed by atoms with E-state index in [2.05, 4.69) is 0 Å². The lowest BCUT2D eigenvalue weighted by atomic mass is 10.1. The predicted molar refractivity (Wildman–Crippen MR) is 77.1 cm³/mol. The predicted octanol–water partition coefficient (Wildman–Crippen LogP) is 3.12. The highest BCUT2D eigenvalue weighted by molar-refractivity contribution is 6.33. The minimum absolute atomic E-state index is 0.00864. The molecule has 1 saturated heterocycles. The summed E-state index contributed by atoms with van der Waals surface area (Å²) in [4.78, 5) is 14.2. The largest absolute Gasteiger partial charge is 0.370 e. The van der Waals surface area contributed by atoms with Crippen LogP contribution in [-0.4, -0.2) is 42.0 Å². The molecule has 1 aromatic carbocycles. The monoisotopic (exact) mass is 301 g/mol. The molecule has 0 N–H and O–H groups in total. The Hall–Kier alpha value is -0.770. The normalized spacial score (nSPS) is 23.5. The van der Waals surface area contributed by atoms with E-state index >= 15 is 0 Å². The van der Waals surface area contributed by atoms with Gasteiger partial charge in [0.15, 0.2) is 0 Å². The van der Waals surface area contributed by atoms with Gasteiger partial charge >= 0.3 is 0 Å². The Bertz CT molecular complexity index is 479. The third kappa shape index (κ3) is 3.41. The summed E-state index contributed by atoms with van der Waals surface area (Å²) in [6, 6.07) is 5.47. The number of carbonyl (C=O) groups is 1. The molecule has 2 rings (SSSR count). The number of halogens is 2. The van der Waals surface area contributed by atoms with Crippen molar-refractivity contribution in [3.8, 4) is 0 Å². The minimum Gasteiger partial charge on any atom is -0.370 e. The number of hydrogen-bond acceptors (Lipinski definition) is 2. The maximum atomic E-state index is 12.5. The molecule has 1 aliphatic heterocycles. The van der Waals surface area contributed by atoms with Gasteiger partial charge in [-0.05, 0) is 31.5 Å². The number of aryl methyl sites for hydroxylation is 1. The number of carbonyl (C=O) groups excluding carboxylic acids is 1. The minimum atomic E-state index is -0.112. The Morgan fingerprint density at radius 1 is 1.47 bits per heavy atom. The molecule has 1 aromatic rings. The van der Waals surface area contributed by atoms with E-state index in [0.29, 0.717) is 29.6 Å². The van der Waals surface area contributed by atoms with Crippen LogP contribution in [0.3, 0.4) is 0 Å². The topological polar surface area (TPSA) is 29.5 Å². The van der Waals surface area contributed by atoms with Gasteiger partial charge < -0.3 is 9.64 Å². The van der Waals surface area contributed by atoms with Crippen LogP contribution in [0.15, 0.2) is 18.2 Å². The first-order chi connectivity index (χ1) is 9.01. The standard InChI is InChI=1S/C14H17Cl2NO2/c1-9-3-4-12(13(16)5-9)14(18)17-7-10(2)19-11(6-15)8-17/h3-5,10-11H,6-8H2,1-2H3. The van der Waals surface area contributed by atoms with Crippen molar-refractivity contribution in [2.75, 3.05) is 19.0 Å². The van der Waals surface area contributed by atoms with Crippen LogP contribution in [0, 0.1) is 6.92 Å². The molecule has 0 bridgehead atoms. The first-order valence-electron chi connectivity index (χ1n) is 6.28. The Balaban J connectivity index is 2.18. The maximum absolute atomic E-state index is 12.5. The first kappa shape index (κ1) is 14.6. The Morgan fingerprint density at radius 3 is 2.84 bits per heavy atom. The number of alkyl halides is 1. The van der Waals surface area contributed by atoms with Crippen LogP contribution in [-0.2, 0) is 4.74 Å². The first-order valence-corrected chi connectivity index (χ1v) is 7.19. The fourth-order valence-corrected chi connectivity index (χ4v) is 2.75. The number of morpholine rings is 1. The van der Waals surface area contributed by atoms with Crippen LogP contribution in [0.1, 0.15) is 22.8 Å². The van der Waals surface area contributed by atoms with Crippen LogP contribution in [0.4, 0.5) is 0 Å². The Morgan fingerprint density at radius 2 is 2.21 bits per heavy atom. The quantitative estimate of drug-likeness (QED) is 0.786. The second-order valence-corrected chi connectivity index (χ2v) is 5.63. The van der Waals surface area contributed by atoms with Gasteiger partial charge in [-0.1, -0.05) is 17.7 Å². The molecule has 0 saturated carbocycles. The Labute approximate surface area is 123 Å². The van der Waals surface area contributed by atoms with Crippen molar-refractivity contribution in [3.05, 3.63) is 34.3 Å². The molecule has 0 spiro atoms. The van der Waals surface area contributed by atoms with E-state index < -0.39 is 0 Å². The zero-order valence-corrected chi connectivity index (χ0v) is 12.5. The average molecular weight is 302 g/mol. The van der Waals surface area contributed by atoms with E-state index in [1.807, 2.05) is 19.9 Å². The maximum Gasteiger partial charge on any atom is 0.255 e. The molecule has 2 atom stereocenters. The second-order valence-electron chi connectivity index (χ2n) is 4.92. The van der Waals surface area contributed by atoms with Crippen LogP contribution in [0.25, 0.3) is 0 Å². The highest BCUT2D eigenvalue weighted by atomic mass is 35.5. The molecule has 1 amide bonds. The van der Waals surface area contributed by atoms with Gasteiger partial charge in [0.05, 0.1) is 28.7 Å². The van der Waals surface area contributed by atoms with E-state index in [1.165, 1.54) is 0 Å². The van der Waals surface area contributed by atoms with Crippen molar-refractivity contribution in [1.82, 2.24) is 4.90 Å². The summed E-state index contributed by atoms with van der Waals surface area (Å²) in [5, 5.41) is 0.492. The van der Waals surface area contributed by atoms with E-state index in [0.717, 1.165) is 5.56 Å². The summed E-state index contributed by atoms with van der Waals surface area (Å²) < 4.78 is 5.64. The highest BCUT2D eigenvalue weighted by Gasteiger charge is 2.29. The highest BCUT2D eigenvalue weighted by Crippen LogP contribution is 2.22. The van der Waals surface area contributed by atoms with E-state index in [1.54, 1.807) is 17.0 Å². The smallest absolute Gasteiger partial charge is 0.255 e. The van der Waals surface area contributed by atoms with Gasteiger partial charge in [-0.3, -0.25) is 4.79 Å². The van der Waals surface area contributed by atoms with Gasteiger partial charge in [-0.15, -0.1) is 11.6 Å². The van der Waals surface area contributed by atoms with Crippen molar-refractivity contribution in [2.45, 2.75) is 26.1 Å². The third-order valence-electron chi connectivity index (χ3n) is 3.14. The molecule has 5 heteroatoms. The summed E-state index contributed by atoms with van der Waals surface area (Å²) in [5.74, 6) is 0.325. The molecule has 3 nitrogen and oxygen atoms in total. The van der Waals surface area contributed by atoms with Gasteiger partial charge in [0.1, 0.15) is 0 Å². The van der Waals surface area contributed by atoms with E-state index in [9.17, 15) is 4.79 Å². The molecule has 1 heterocycles. The van der Waals surface area contributed by atoms with E-state index in [-0.39, 0.29) is 18.1 Å². The van der Waals surface area contributed by atoms with Gasteiger partial charge in [0, 0.05) is 13.1 Å². The van der Waals surface area contributed by atoms with Crippen LogP contribution in [0.2, 0.25) is 5.02 Å². The summed E-state index contributed by atoms with van der Waals surface area (Å²) in [6.45, 7) is 4.96. The fraction of sp³-hybridized carbons (Fsp3) is 0.500. The van der Waals surface area contributed by atoms with Crippen LogP contribution < -0.4 is 0 Å². The zero-order valence-electron chi connectivity index (χ0n) is 11.0. The van der Waals surface area contributed by atoms with E-state index in [4.69, 9.17) is 27.9 Å². The number of benzene rings is 1. The second kappa shape index (κ2) is 6.12. The van der Waals surface area contributed by atoms with Crippen LogP contribution in [0.5, 0.6) is 0 Å². The lowest BCUT2D eigenvalue weighted by Gasteiger charge is -2.36. The van der Waals surface area contributed by atoms with Crippen molar-refractivity contribution < 1.29 is 9.53 Å². The molecule has 1 fully saturated rings. The van der Waals surface area contributed by atoms with Gasteiger partial charge in [-0.2, -0.15) is 0 Å². The number of nitrogens with zero attached hydrogens (tertiary/aromatic N) is 1. The summed E-state index contributed by atoms with van der Waals surface area (Å²) >= 11 is 12.0. The summed E-state index contributed by atoms with van der Waals surface area (Å²) in [5.41, 5.74) is 1.57. The number of rotatable bonds is 2. The lowest BCUT2D eigenvalue weighted by Crippen LogP contribution is -2.49. The van der Waals surface area contributed by atoms with Gasteiger partial charge in [0.2, 0.25) is 0 Å². The molecule has 0 aromatic heterocycles. The summed E-state index contributed by atoms with van der Waals surface area (Å²) in [6.07, 6.45) is -0.121. The molecule has 104 valence electrons. The SMILES string of the molecule is Cc1ccc(C(=O)N2CC(C)OC(CCl)C2)c(Cl)c1. The lowest BCUT2D eigenvalue weighted by molar-refractivity contribution is -0.0570. The number of hydrogen-bond donors (Lipinski definition) is 0. The fourth-order valence-electron chi connectivity index (χ4n) is 2.26. The molecule has 1 aliphatic rings. The van der Waals surface area contributed by atoms with Crippen molar-refractivity contribution >= 4 is 29.1 Å². The average Bonchev–Trinajstić information content (AvgIpc) is 2.37. The molecule has 0 radical (unpaired) electrons. The van der Waals surface area contributed by atoms with Gasteiger partial charge in [-0.25, -0.2) is 0 Å². The molecular weight excluding hydrogens is 285 g/mol. The van der Waals surface area contributed by atoms with Gasteiger partial charge in [0.25, 0.3) is 5.91 Å². The Kier molecular flexibility index (Phi) is 4.71. The molecule has 2 unspecified atom stereocenters. The molecule has 19 heavy (non-hydrogen) atoms. The van der Waals surface area contributed by atoms with Crippen molar-refractivity contribution in [1.29, 1.82) is 0 Å². The zero-order chi connectivity index (χ0) is 14.0. The summed E-state index contributed by atoms with van der Waals surface area (Å²) in [7, 11) is 0. The third-order valence-corrected chi connectivity index (χ3v) is 3.80. The molecule has 0 aliphatic carbocycles. The van der Waals surface area contributed by atoms with Crippen LogP contribution >= 0.6 is 23.2 Å². The van der Waals surface area contributed by atoms with Crippen molar-refractivity contribution in [3.63, 3.8) is 0 Å². The van der Waals surface area contributed by atoms with Crippen molar-refractivity contribution in [2.24, 2.45) is 0 Å². The number of amides is 1. The molecular formula is C14H17Cl2NO2. The number of ether oxygens (including phenoxy) is 1.